The second kappa shape index (κ2) is 14.2. The van der Waals surface area contributed by atoms with Crippen molar-refractivity contribution in [2.24, 2.45) is 11.8 Å². The van der Waals surface area contributed by atoms with Gasteiger partial charge in [0.05, 0.1) is 22.3 Å². The first-order valence-electron chi connectivity index (χ1n) is 17.6. The fourth-order valence-corrected chi connectivity index (χ4v) is 8.23. The fourth-order valence-electron chi connectivity index (χ4n) is 8.00. The van der Waals surface area contributed by atoms with E-state index in [1.165, 1.54) is 11.1 Å². The van der Waals surface area contributed by atoms with E-state index in [2.05, 4.69) is 52.3 Å². The van der Waals surface area contributed by atoms with Crippen molar-refractivity contribution in [2.45, 2.75) is 77.9 Å². The van der Waals surface area contributed by atoms with Gasteiger partial charge in [0.15, 0.2) is 0 Å². The molecular formula is C40H41ClN6O4. The van der Waals surface area contributed by atoms with Crippen LogP contribution in [0.2, 0.25) is 5.02 Å². The lowest BCUT2D eigenvalue weighted by Gasteiger charge is -2.36. The minimum atomic E-state index is -0.622. The van der Waals surface area contributed by atoms with Crippen LogP contribution in [0, 0.1) is 43.9 Å². The van der Waals surface area contributed by atoms with E-state index in [1.807, 2.05) is 44.2 Å². The number of nitrogens with zero attached hydrogens (tertiary/aromatic N) is 3. The van der Waals surface area contributed by atoms with E-state index in [0.29, 0.717) is 41.0 Å². The van der Waals surface area contributed by atoms with Crippen LogP contribution in [0.3, 0.4) is 0 Å². The van der Waals surface area contributed by atoms with Gasteiger partial charge in [0.25, 0.3) is 5.91 Å². The summed E-state index contributed by atoms with van der Waals surface area (Å²) in [6.45, 7) is 7.21. The number of aryl methyl sites for hydroxylation is 3. The van der Waals surface area contributed by atoms with E-state index in [0.717, 1.165) is 71.7 Å². The van der Waals surface area contributed by atoms with Crippen molar-refractivity contribution in [1.29, 1.82) is 5.26 Å². The zero-order valence-electron chi connectivity index (χ0n) is 29.0. The monoisotopic (exact) mass is 704 g/mol. The number of hydrogen-bond donors (Lipinski definition) is 3. The maximum Gasteiger partial charge on any atom is 0.255 e. The molecule has 2 unspecified atom stereocenters. The van der Waals surface area contributed by atoms with Crippen LogP contribution in [-0.2, 0) is 16.1 Å². The Labute approximate surface area is 302 Å². The molecule has 0 spiro atoms. The van der Waals surface area contributed by atoms with Gasteiger partial charge in [-0.1, -0.05) is 35.0 Å². The normalized spacial score (nSPS) is 20.8. The number of anilines is 2. The predicted octanol–water partition coefficient (Wildman–Crippen LogP) is 7.62. The molecule has 10 nitrogen and oxygen atoms in total. The van der Waals surface area contributed by atoms with Crippen molar-refractivity contribution in [1.82, 2.24) is 15.4 Å². The summed E-state index contributed by atoms with van der Waals surface area (Å²) in [6, 6.07) is 19.5. The van der Waals surface area contributed by atoms with Crippen LogP contribution < -0.4 is 16.0 Å². The van der Waals surface area contributed by atoms with Gasteiger partial charge in [-0.05, 0) is 123 Å². The summed E-state index contributed by atoms with van der Waals surface area (Å²) in [6.07, 6.45) is 4.71. The largest absolute Gasteiger partial charge is 0.385 e. The van der Waals surface area contributed by atoms with Crippen LogP contribution >= 0.6 is 11.6 Å². The molecule has 2 atom stereocenters. The van der Waals surface area contributed by atoms with Crippen molar-refractivity contribution >= 4 is 40.7 Å². The van der Waals surface area contributed by atoms with Crippen LogP contribution in [-0.4, -0.2) is 40.4 Å². The smallest absolute Gasteiger partial charge is 0.255 e. The predicted molar refractivity (Wildman–Crippen MR) is 195 cm³/mol. The topological polar surface area (TPSA) is 140 Å². The van der Waals surface area contributed by atoms with Gasteiger partial charge in [0, 0.05) is 42.0 Å². The van der Waals surface area contributed by atoms with Gasteiger partial charge in [0.2, 0.25) is 11.8 Å². The Hall–Kier alpha value is -5.14. The Morgan fingerprint density at radius 2 is 1.78 bits per heavy atom. The third-order valence-electron chi connectivity index (χ3n) is 10.8. The van der Waals surface area contributed by atoms with Gasteiger partial charge in [-0.15, -0.1) is 0 Å². The van der Waals surface area contributed by atoms with Crippen LogP contribution in [0.25, 0.3) is 11.1 Å². The Bertz CT molecular complexity index is 2040. The van der Waals surface area contributed by atoms with Gasteiger partial charge in [-0.3, -0.25) is 19.7 Å². The molecule has 11 heteroatoms. The molecule has 3 aliphatic rings. The van der Waals surface area contributed by atoms with Gasteiger partial charge < -0.3 is 20.1 Å². The minimum absolute atomic E-state index is 0.0124. The van der Waals surface area contributed by atoms with E-state index < -0.39 is 11.9 Å². The molecule has 0 bridgehead atoms. The molecule has 3 heterocycles. The Morgan fingerprint density at radius 1 is 1.00 bits per heavy atom. The third kappa shape index (κ3) is 6.95. The molecule has 1 aromatic heterocycles. The lowest BCUT2D eigenvalue weighted by molar-refractivity contribution is -0.136. The van der Waals surface area contributed by atoms with Crippen LogP contribution in [0.5, 0.6) is 0 Å². The van der Waals surface area contributed by atoms with Crippen molar-refractivity contribution < 1.29 is 18.9 Å². The van der Waals surface area contributed by atoms with Gasteiger partial charge in [-0.25, -0.2) is 0 Å². The van der Waals surface area contributed by atoms with E-state index in [-0.39, 0.29) is 24.3 Å². The summed E-state index contributed by atoms with van der Waals surface area (Å²) in [4.78, 5) is 39.0. The molecule has 2 aliphatic heterocycles. The lowest BCUT2D eigenvalue weighted by Crippen LogP contribution is -2.52. The first-order chi connectivity index (χ1) is 24.6. The average Bonchev–Trinajstić information content (AvgIpc) is 3.63. The number of benzene rings is 3. The molecule has 2 fully saturated rings. The molecule has 0 radical (unpaired) electrons. The Balaban J connectivity index is 1.04. The van der Waals surface area contributed by atoms with Crippen molar-refractivity contribution in [3.63, 3.8) is 0 Å². The Kier molecular flexibility index (Phi) is 9.58. The van der Waals surface area contributed by atoms with E-state index in [1.54, 1.807) is 11.0 Å². The summed E-state index contributed by atoms with van der Waals surface area (Å²) in [7, 11) is 0. The Morgan fingerprint density at radius 3 is 2.49 bits per heavy atom. The molecule has 3 amide bonds. The second-order valence-electron chi connectivity index (χ2n) is 14.1. The van der Waals surface area contributed by atoms with Gasteiger partial charge >= 0.3 is 0 Å². The summed E-state index contributed by atoms with van der Waals surface area (Å²) >= 11 is 6.47. The molecule has 1 saturated carbocycles. The molecule has 51 heavy (non-hydrogen) atoms. The molecule has 4 aromatic rings. The van der Waals surface area contributed by atoms with Crippen LogP contribution in [0.4, 0.5) is 11.4 Å². The molecular weight excluding hydrogens is 664 g/mol. The SMILES string of the molecule is Cc1ccc(-c2c(C)noc2C)cc1C(Nc1ccc(C#N)c(Cl)c1)C1CCC(CNc2ccc3c(c2)C(=O)N(C2CCC(=O)NC2=O)C3)CC1. The zero-order valence-corrected chi connectivity index (χ0v) is 29.8. The summed E-state index contributed by atoms with van der Waals surface area (Å²) < 4.78 is 5.50. The maximum absolute atomic E-state index is 13.3. The number of amides is 3. The number of piperidine rings is 1. The first kappa shape index (κ1) is 34.3. The standard InChI is InChI=1S/C40H41ClN6O4/c1-22-4-7-27(37-23(2)46-51-24(37)3)16-32(22)38(44-31-13-10-28(19-42)34(41)18-31)26-8-5-25(6-9-26)20-43-30-12-11-29-21-47(40(50)33(29)17-30)35-14-15-36(48)45-39(35)49/h4,7,10-13,16-18,25-26,35,38,43-44H,5-6,8-9,14-15,20-21H2,1-3H3,(H,45,48,49). The highest BCUT2D eigenvalue weighted by Gasteiger charge is 2.39. The quantitative estimate of drug-likeness (QED) is 0.151. The second-order valence-corrected chi connectivity index (χ2v) is 14.5. The van der Waals surface area contributed by atoms with E-state index in [9.17, 15) is 19.6 Å². The molecule has 262 valence electrons. The molecule has 7 rings (SSSR count). The number of nitriles is 1. The van der Waals surface area contributed by atoms with Crippen molar-refractivity contribution in [3.05, 3.63) is 98.9 Å². The zero-order chi connectivity index (χ0) is 35.8. The number of nitrogens with one attached hydrogen (secondary N) is 3. The van der Waals surface area contributed by atoms with E-state index >= 15 is 0 Å². The molecule has 1 aliphatic carbocycles. The molecule has 3 aromatic carbocycles. The lowest BCUT2D eigenvalue weighted by atomic mass is 9.75. The minimum Gasteiger partial charge on any atom is -0.385 e. The average molecular weight is 705 g/mol. The number of hydrogen-bond acceptors (Lipinski definition) is 8. The highest BCUT2D eigenvalue weighted by atomic mass is 35.5. The number of fused-ring (bicyclic) bond motifs is 1. The number of aromatic nitrogens is 1. The summed E-state index contributed by atoms with van der Waals surface area (Å²) in [5.74, 6) is 0.747. The third-order valence-corrected chi connectivity index (χ3v) is 11.1. The van der Waals surface area contributed by atoms with Crippen LogP contribution in [0.15, 0.2) is 59.1 Å². The number of rotatable bonds is 9. The molecule has 1 saturated heterocycles. The number of halogens is 1. The maximum atomic E-state index is 13.3. The molecule has 3 N–H and O–H groups in total. The van der Waals surface area contributed by atoms with Gasteiger partial charge in [-0.2, -0.15) is 5.26 Å². The van der Waals surface area contributed by atoms with Crippen molar-refractivity contribution in [2.75, 3.05) is 17.2 Å². The van der Waals surface area contributed by atoms with Crippen LogP contribution in [0.1, 0.15) is 88.6 Å². The summed E-state index contributed by atoms with van der Waals surface area (Å²) in [5, 5.41) is 23.8. The highest BCUT2D eigenvalue weighted by molar-refractivity contribution is 6.32. The number of imide groups is 1. The highest BCUT2D eigenvalue weighted by Crippen LogP contribution is 2.42. The number of carbonyl (C=O) groups is 3. The van der Waals surface area contributed by atoms with E-state index in [4.69, 9.17) is 16.1 Å². The van der Waals surface area contributed by atoms with Gasteiger partial charge in [0.1, 0.15) is 17.9 Å². The van der Waals surface area contributed by atoms with Crippen molar-refractivity contribution in [3.8, 4) is 17.2 Å². The fraction of sp³-hybridized carbons (Fsp3) is 0.375. The first-order valence-corrected chi connectivity index (χ1v) is 18.0. The number of carbonyl (C=O) groups excluding carboxylic acids is 3. The summed E-state index contributed by atoms with van der Waals surface area (Å²) in [5.41, 5.74) is 9.06.